The molecule has 2 aromatic heterocycles. The summed E-state index contributed by atoms with van der Waals surface area (Å²) in [6.45, 7) is 0. The van der Waals surface area contributed by atoms with Gasteiger partial charge in [-0.3, -0.25) is 0 Å². The molecule has 0 unspecified atom stereocenters. The predicted molar refractivity (Wildman–Crippen MR) is 227 cm³/mol. The summed E-state index contributed by atoms with van der Waals surface area (Å²) in [6.07, 6.45) is 0. The first-order valence-electron chi connectivity index (χ1n) is 32.2. The Kier molecular flexibility index (Phi) is 3.22. The van der Waals surface area contributed by atoms with Gasteiger partial charge >= 0.3 is 0 Å². The van der Waals surface area contributed by atoms with Crippen molar-refractivity contribution in [3.63, 3.8) is 0 Å². The molecule has 0 bridgehead atoms. The van der Waals surface area contributed by atoms with Gasteiger partial charge in [0.1, 0.15) is 0 Å². The lowest BCUT2D eigenvalue weighted by atomic mass is 9.92. The van der Waals surface area contributed by atoms with Gasteiger partial charge in [-0.05, 0) is 59.1 Å². The van der Waals surface area contributed by atoms with Crippen molar-refractivity contribution in [1.82, 2.24) is 19.9 Å². The van der Waals surface area contributed by atoms with Crippen molar-refractivity contribution in [1.29, 1.82) is 0 Å². The number of hydrogen-bond acceptors (Lipinski definition) is 5. The summed E-state index contributed by atoms with van der Waals surface area (Å²) < 4.78 is 294. The molecule has 0 amide bonds. The van der Waals surface area contributed by atoms with Crippen LogP contribution in [0.1, 0.15) is 45.2 Å². The van der Waals surface area contributed by atoms with Crippen LogP contribution in [-0.4, -0.2) is 19.9 Å². The van der Waals surface area contributed by atoms with E-state index in [1.54, 1.807) is 0 Å². The third-order valence-electron chi connectivity index (χ3n) is 7.86. The summed E-state index contributed by atoms with van der Waals surface area (Å²) in [5.74, 6) is -2.85. The molecule has 2 heterocycles. The van der Waals surface area contributed by atoms with E-state index in [4.69, 9.17) is 34.3 Å². The van der Waals surface area contributed by atoms with E-state index in [1.165, 1.54) is 0 Å². The standard InChI is InChI=1S/C50H33N5/c1-5-17-35(18-6-1)48-52-49(36-19-7-2-8-20-36)54-50(53-48)43-33-44-46(41-26-14-13-25-40(41)43)42-27-15-16-28-45(42)51-47(44)34-29-31-39(32-30-34)55(37-21-9-3-10-22-37)38-23-11-4-12-24-38/h1-33H/i1D,2D,3D,4D,5D,6D,7D,8D,9D,10D,11D,12D,13D,14D,15D,16D,17D,18D,19D,20D,21D,22D,23D,24D,25D,26D,27D,28D,29D,30D,31D,32D,33D. The van der Waals surface area contributed by atoms with E-state index in [2.05, 4.69) is 19.9 Å². The molecular formula is C50H33N5. The molecule has 258 valence electrons. The molecule has 0 spiro atoms. The summed E-state index contributed by atoms with van der Waals surface area (Å²) in [5, 5.41) is -3.81. The number of fused-ring (bicyclic) bond motifs is 5. The summed E-state index contributed by atoms with van der Waals surface area (Å²) in [4.78, 5) is 17.9. The number of aromatic nitrogens is 4. The van der Waals surface area contributed by atoms with E-state index in [9.17, 15) is 11.0 Å². The normalized spacial score (nSPS) is 19.7. The van der Waals surface area contributed by atoms with Crippen molar-refractivity contribution in [3.8, 4) is 45.4 Å². The quantitative estimate of drug-likeness (QED) is 0.153. The fourth-order valence-corrected chi connectivity index (χ4v) is 5.59. The number of rotatable bonds is 7. The fourth-order valence-electron chi connectivity index (χ4n) is 5.59. The average molecular weight is 737 g/mol. The van der Waals surface area contributed by atoms with Crippen molar-refractivity contribution in [2.24, 2.45) is 0 Å². The Morgan fingerprint density at radius 1 is 0.345 bits per heavy atom. The Bertz CT molecular complexity index is 4620. The van der Waals surface area contributed by atoms with E-state index in [0.29, 0.717) is 4.90 Å². The van der Waals surface area contributed by atoms with Gasteiger partial charge in [-0.1, -0.05) is 151 Å². The molecule has 0 radical (unpaired) electrons. The maximum Gasteiger partial charge on any atom is 0.164 e. The predicted octanol–water partition coefficient (Wildman–Crippen LogP) is 12.9. The first kappa shape index (κ1) is 12.8. The van der Waals surface area contributed by atoms with Crippen molar-refractivity contribution >= 4 is 49.5 Å². The van der Waals surface area contributed by atoms with E-state index < -0.39 is 294 Å². The topological polar surface area (TPSA) is 54.8 Å². The van der Waals surface area contributed by atoms with Crippen molar-refractivity contribution in [2.75, 3.05) is 4.90 Å². The first-order chi connectivity index (χ1) is 41.0. The Morgan fingerprint density at radius 3 is 1.38 bits per heavy atom. The van der Waals surface area contributed by atoms with Crippen LogP contribution in [0.4, 0.5) is 17.1 Å². The maximum atomic E-state index is 10.3. The largest absolute Gasteiger partial charge is 0.311 e. The van der Waals surface area contributed by atoms with Crippen molar-refractivity contribution in [2.45, 2.75) is 0 Å². The van der Waals surface area contributed by atoms with Crippen LogP contribution in [0.5, 0.6) is 0 Å². The van der Waals surface area contributed by atoms with E-state index >= 15 is 0 Å². The molecule has 5 heteroatoms. The molecule has 0 saturated carbocycles. The number of nitrogens with zero attached hydrogens (tertiary/aromatic N) is 5. The zero-order valence-electron chi connectivity index (χ0n) is 60.2. The minimum absolute atomic E-state index is 0.339. The number of pyridine rings is 1. The molecule has 55 heavy (non-hydrogen) atoms. The number of benzene rings is 8. The van der Waals surface area contributed by atoms with E-state index in [0.717, 1.165) is 0 Å². The van der Waals surface area contributed by atoms with Gasteiger partial charge in [0.25, 0.3) is 0 Å². The lowest BCUT2D eigenvalue weighted by molar-refractivity contribution is 1.08. The number of para-hydroxylation sites is 3. The minimum atomic E-state index is -1.31. The molecule has 10 rings (SSSR count). The Labute approximate surface area is 365 Å². The molecular weight excluding hydrogens is 671 g/mol. The zero-order valence-corrected chi connectivity index (χ0v) is 27.2. The molecule has 0 N–H and O–H groups in total. The highest BCUT2D eigenvalue weighted by Gasteiger charge is 2.20. The molecule has 0 saturated heterocycles. The van der Waals surface area contributed by atoms with E-state index in [-0.39, 0.29) is 0 Å². The van der Waals surface area contributed by atoms with Crippen LogP contribution < -0.4 is 4.90 Å². The van der Waals surface area contributed by atoms with Gasteiger partial charge < -0.3 is 4.90 Å². The van der Waals surface area contributed by atoms with E-state index in [1.807, 2.05) is 0 Å². The third kappa shape index (κ3) is 5.94. The van der Waals surface area contributed by atoms with Crippen LogP contribution >= 0.6 is 0 Å². The molecule has 0 atom stereocenters. The van der Waals surface area contributed by atoms with Crippen molar-refractivity contribution < 1.29 is 45.2 Å². The second kappa shape index (κ2) is 13.8. The fraction of sp³-hybridized carbons (Fsp3) is 0. The van der Waals surface area contributed by atoms with Crippen molar-refractivity contribution in [3.05, 3.63) is 199 Å². The average Bonchev–Trinajstić information content (AvgIpc) is 0.856. The molecule has 10 aromatic rings. The Hall–Kier alpha value is -7.50. The van der Waals surface area contributed by atoms with Crippen LogP contribution in [0.2, 0.25) is 0 Å². The Morgan fingerprint density at radius 2 is 0.800 bits per heavy atom. The number of hydrogen-bond donors (Lipinski definition) is 0. The second-order valence-corrected chi connectivity index (χ2v) is 11.0. The summed E-state index contributed by atoms with van der Waals surface area (Å²) in [6, 6.07) is -34.8. The van der Waals surface area contributed by atoms with Crippen LogP contribution in [0.25, 0.3) is 77.9 Å². The highest BCUT2D eigenvalue weighted by Crippen LogP contribution is 2.42. The lowest BCUT2D eigenvalue weighted by Crippen LogP contribution is -2.09. The van der Waals surface area contributed by atoms with Crippen LogP contribution in [0.15, 0.2) is 199 Å². The first-order valence-corrected chi connectivity index (χ1v) is 15.7. The van der Waals surface area contributed by atoms with Gasteiger partial charge in [-0.2, -0.15) is 0 Å². The van der Waals surface area contributed by atoms with Gasteiger partial charge in [0, 0.05) is 55.5 Å². The maximum absolute atomic E-state index is 10.3. The van der Waals surface area contributed by atoms with Gasteiger partial charge in [-0.25, -0.2) is 19.9 Å². The van der Waals surface area contributed by atoms with Crippen LogP contribution in [0, 0.1) is 0 Å². The van der Waals surface area contributed by atoms with Gasteiger partial charge in [0.2, 0.25) is 0 Å². The monoisotopic (exact) mass is 736 g/mol. The SMILES string of the molecule is [2H]c1c([2H])c([2H])c(-c2nc(-c3c([2H])c([2H])c([2H])c([2H])c3[2H])nc(-c3c([2H])c4c(-c5c([2H])c([2H])c(N(c6c([2H])c([2H])c([2H])c([2H])c6[2H])c6c([2H])c([2H])c([2H])c([2H])c6[2H])c([2H])c5[2H])nc5c([2H])c([2H])c([2H])c([2H])c5c4c4c([2H])c([2H])c([2H])c([2H])c34)n2)c([2H])c1[2H]. The second-order valence-electron chi connectivity index (χ2n) is 11.0. The molecule has 0 aliphatic carbocycles. The lowest BCUT2D eigenvalue weighted by Gasteiger charge is -2.25. The smallest absolute Gasteiger partial charge is 0.164 e. The summed E-state index contributed by atoms with van der Waals surface area (Å²) >= 11 is 0. The van der Waals surface area contributed by atoms with Gasteiger partial charge in [0.05, 0.1) is 56.4 Å². The minimum Gasteiger partial charge on any atom is -0.311 e. The molecule has 0 fully saturated rings. The summed E-state index contributed by atoms with van der Waals surface area (Å²) in [7, 11) is 0. The third-order valence-corrected chi connectivity index (χ3v) is 7.86. The van der Waals surface area contributed by atoms with Crippen LogP contribution in [0.3, 0.4) is 0 Å². The number of anilines is 3. The molecule has 8 aromatic carbocycles. The molecule has 0 aliphatic heterocycles. The Balaban J connectivity index is 1.48. The summed E-state index contributed by atoms with van der Waals surface area (Å²) in [5.41, 5.74) is -8.58. The highest BCUT2D eigenvalue weighted by molar-refractivity contribution is 6.25. The highest BCUT2D eigenvalue weighted by atomic mass is 15.1. The zero-order chi connectivity index (χ0) is 65.3. The molecule has 5 nitrogen and oxygen atoms in total. The van der Waals surface area contributed by atoms with Crippen LogP contribution in [-0.2, 0) is 0 Å². The van der Waals surface area contributed by atoms with Gasteiger partial charge in [0.15, 0.2) is 17.5 Å². The van der Waals surface area contributed by atoms with Gasteiger partial charge in [-0.15, -0.1) is 0 Å². The molecule has 0 aliphatic rings.